The van der Waals surface area contributed by atoms with Crippen LogP contribution in [0.1, 0.15) is 45.8 Å². The molecule has 1 aliphatic heterocycles. The minimum atomic E-state index is -0.319. The van der Waals surface area contributed by atoms with Crippen molar-refractivity contribution in [3.63, 3.8) is 0 Å². The van der Waals surface area contributed by atoms with E-state index in [-0.39, 0.29) is 23.8 Å². The van der Waals surface area contributed by atoms with E-state index in [1.165, 1.54) is 0 Å². The van der Waals surface area contributed by atoms with Gasteiger partial charge in [0.05, 0.1) is 19.2 Å². The Balaban J connectivity index is 1.66. The average Bonchev–Trinajstić information content (AvgIpc) is 3.09. The minimum Gasteiger partial charge on any atom is -0.496 e. The third-order valence-corrected chi connectivity index (χ3v) is 5.70. The number of methoxy groups -OCH3 is 1. The van der Waals surface area contributed by atoms with Gasteiger partial charge in [0, 0.05) is 30.7 Å². The van der Waals surface area contributed by atoms with E-state index in [4.69, 9.17) is 13.9 Å². The number of carbonyl (C=O) groups is 2. The van der Waals surface area contributed by atoms with Gasteiger partial charge in [0.15, 0.2) is 0 Å². The van der Waals surface area contributed by atoms with E-state index in [9.17, 15) is 9.59 Å². The maximum absolute atomic E-state index is 12.5. The summed E-state index contributed by atoms with van der Waals surface area (Å²) in [6, 6.07) is 7.79. The highest BCUT2D eigenvalue weighted by molar-refractivity contribution is 5.97. The third-order valence-electron chi connectivity index (χ3n) is 5.70. The fourth-order valence-corrected chi connectivity index (χ4v) is 3.98. The van der Waals surface area contributed by atoms with Gasteiger partial charge in [-0.3, -0.25) is 9.59 Å². The van der Waals surface area contributed by atoms with Crippen LogP contribution in [0.5, 0.6) is 5.75 Å². The number of amides is 2. The van der Waals surface area contributed by atoms with Crippen molar-refractivity contribution in [1.29, 1.82) is 0 Å². The number of furan rings is 1. The molecule has 0 saturated carbocycles. The monoisotopic (exact) mass is 414 g/mol. The lowest BCUT2D eigenvalue weighted by Crippen LogP contribution is -2.47. The van der Waals surface area contributed by atoms with Gasteiger partial charge < -0.3 is 24.5 Å². The first-order valence-electron chi connectivity index (χ1n) is 10.2. The Labute approximate surface area is 177 Å². The smallest absolute Gasteiger partial charge is 0.255 e. The predicted molar refractivity (Wildman–Crippen MR) is 113 cm³/mol. The van der Waals surface area contributed by atoms with Crippen LogP contribution in [0.15, 0.2) is 28.7 Å². The summed E-state index contributed by atoms with van der Waals surface area (Å²) in [5.41, 5.74) is 2.40. The zero-order valence-electron chi connectivity index (χ0n) is 18.1. The highest BCUT2D eigenvalue weighted by Crippen LogP contribution is 2.40. The molecule has 2 N–H and O–H groups in total. The van der Waals surface area contributed by atoms with Gasteiger partial charge in [0.2, 0.25) is 5.91 Å². The van der Waals surface area contributed by atoms with Gasteiger partial charge in [-0.25, -0.2) is 0 Å². The van der Waals surface area contributed by atoms with Crippen LogP contribution in [0.3, 0.4) is 0 Å². The molecule has 3 rings (SSSR count). The summed E-state index contributed by atoms with van der Waals surface area (Å²) >= 11 is 0. The normalized spacial score (nSPS) is 15.5. The van der Waals surface area contributed by atoms with Gasteiger partial charge in [-0.15, -0.1) is 0 Å². The highest BCUT2D eigenvalue weighted by Gasteiger charge is 2.37. The molecular formula is C23H30N2O5. The van der Waals surface area contributed by atoms with Crippen LogP contribution in [0.2, 0.25) is 0 Å². The van der Waals surface area contributed by atoms with Crippen LogP contribution in [0, 0.1) is 20.8 Å². The maximum Gasteiger partial charge on any atom is 0.255 e. The molecule has 2 amide bonds. The molecule has 2 heterocycles. The summed E-state index contributed by atoms with van der Waals surface area (Å²) in [4.78, 5) is 24.8. The van der Waals surface area contributed by atoms with Gasteiger partial charge in [-0.05, 0) is 45.7 Å². The van der Waals surface area contributed by atoms with Crippen molar-refractivity contribution in [1.82, 2.24) is 10.6 Å². The van der Waals surface area contributed by atoms with Crippen molar-refractivity contribution in [3.8, 4) is 5.75 Å². The van der Waals surface area contributed by atoms with Gasteiger partial charge >= 0.3 is 0 Å². The van der Waals surface area contributed by atoms with Crippen LogP contribution in [-0.4, -0.2) is 45.2 Å². The average molecular weight is 415 g/mol. The zero-order chi connectivity index (χ0) is 21.7. The molecule has 1 aromatic heterocycles. The van der Waals surface area contributed by atoms with Crippen molar-refractivity contribution in [2.75, 3.05) is 33.4 Å². The Kier molecular flexibility index (Phi) is 6.82. The second kappa shape index (κ2) is 9.34. The number of hydrogen-bond acceptors (Lipinski definition) is 5. The highest BCUT2D eigenvalue weighted by atomic mass is 16.5. The van der Waals surface area contributed by atoms with E-state index in [1.54, 1.807) is 27.0 Å². The van der Waals surface area contributed by atoms with Crippen LogP contribution in [0.25, 0.3) is 0 Å². The van der Waals surface area contributed by atoms with E-state index < -0.39 is 0 Å². The molecule has 0 atom stereocenters. The van der Waals surface area contributed by atoms with Crippen LogP contribution in [-0.2, 0) is 14.9 Å². The molecule has 30 heavy (non-hydrogen) atoms. The Hall–Kier alpha value is -2.80. The fourth-order valence-electron chi connectivity index (χ4n) is 3.98. The molecule has 1 aromatic carbocycles. The summed E-state index contributed by atoms with van der Waals surface area (Å²) in [5, 5.41) is 5.67. The Morgan fingerprint density at radius 1 is 1.10 bits per heavy atom. The van der Waals surface area contributed by atoms with E-state index >= 15 is 0 Å². The molecular weight excluding hydrogens is 384 g/mol. The number of hydrogen-bond donors (Lipinski definition) is 2. The number of aryl methyl sites for hydroxylation is 3. The van der Waals surface area contributed by atoms with E-state index in [0.717, 1.165) is 29.7 Å². The van der Waals surface area contributed by atoms with Gasteiger partial charge in [0.1, 0.15) is 17.3 Å². The Morgan fingerprint density at radius 2 is 1.83 bits per heavy atom. The SMILES string of the molecule is COc1ccc(C)cc1C1(CNC(=O)CNC(=O)c2cc(C)oc2C)CCOCC1. The quantitative estimate of drug-likeness (QED) is 0.727. The second-order valence-electron chi connectivity index (χ2n) is 7.88. The zero-order valence-corrected chi connectivity index (χ0v) is 18.1. The Bertz CT molecular complexity index is 912. The summed E-state index contributed by atoms with van der Waals surface area (Å²) < 4.78 is 16.6. The molecule has 0 bridgehead atoms. The fraction of sp³-hybridized carbons (Fsp3) is 0.478. The molecule has 162 valence electrons. The standard InChI is InChI=1S/C23H30N2O5/c1-15-5-6-20(28-4)19(11-15)23(7-9-29-10-8-23)14-25-21(26)13-24-22(27)18-12-16(2)30-17(18)3/h5-6,11-12H,7-10,13-14H2,1-4H3,(H,24,27)(H,25,26). The van der Waals surface area contributed by atoms with E-state index in [0.29, 0.717) is 36.8 Å². The second-order valence-corrected chi connectivity index (χ2v) is 7.88. The maximum atomic E-state index is 12.5. The summed E-state index contributed by atoms with van der Waals surface area (Å²) in [7, 11) is 1.66. The van der Waals surface area contributed by atoms with Crippen molar-refractivity contribution < 1.29 is 23.5 Å². The van der Waals surface area contributed by atoms with Crippen LogP contribution in [0.4, 0.5) is 0 Å². The molecule has 1 fully saturated rings. The van der Waals surface area contributed by atoms with Gasteiger partial charge in [-0.1, -0.05) is 17.7 Å². The predicted octanol–water partition coefficient (Wildman–Crippen LogP) is 2.81. The Morgan fingerprint density at radius 3 is 2.47 bits per heavy atom. The van der Waals surface area contributed by atoms with Crippen molar-refractivity contribution in [2.24, 2.45) is 0 Å². The van der Waals surface area contributed by atoms with Crippen molar-refractivity contribution in [3.05, 3.63) is 52.5 Å². The molecule has 0 spiro atoms. The number of carbonyl (C=O) groups excluding carboxylic acids is 2. The minimum absolute atomic E-state index is 0.0972. The molecule has 7 nitrogen and oxygen atoms in total. The number of nitrogens with one attached hydrogen (secondary N) is 2. The summed E-state index contributed by atoms with van der Waals surface area (Å²) in [6.45, 7) is 7.17. The third kappa shape index (κ3) is 4.84. The topological polar surface area (TPSA) is 89.8 Å². The number of ether oxygens (including phenoxy) is 2. The molecule has 2 aromatic rings. The van der Waals surface area contributed by atoms with Gasteiger partial charge in [0.25, 0.3) is 5.91 Å². The molecule has 1 saturated heterocycles. The van der Waals surface area contributed by atoms with E-state index in [1.807, 2.05) is 19.1 Å². The largest absolute Gasteiger partial charge is 0.496 e. The van der Waals surface area contributed by atoms with Crippen LogP contribution < -0.4 is 15.4 Å². The number of rotatable bonds is 7. The first-order valence-corrected chi connectivity index (χ1v) is 10.2. The molecule has 0 aliphatic carbocycles. The number of benzene rings is 1. The summed E-state index contributed by atoms with van der Waals surface area (Å²) in [5.74, 6) is 1.46. The molecule has 0 unspecified atom stereocenters. The first kappa shape index (κ1) is 21.9. The van der Waals surface area contributed by atoms with Crippen molar-refractivity contribution >= 4 is 11.8 Å². The lowest BCUT2D eigenvalue weighted by atomic mass is 9.73. The van der Waals surface area contributed by atoms with Crippen LogP contribution >= 0.6 is 0 Å². The summed E-state index contributed by atoms with van der Waals surface area (Å²) in [6.07, 6.45) is 1.57. The van der Waals surface area contributed by atoms with Crippen molar-refractivity contribution in [2.45, 2.75) is 39.0 Å². The van der Waals surface area contributed by atoms with Gasteiger partial charge in [-0.2, -0.15) is 0 Å². The molecule has 1 aliphatic rings. The lowest BCUT2D eigenvalue weighted by molar-refractivity contribution is -0.120. The van der Waals surface area contributed by atoms with E-state index in [2.05, 4.69) is 16.7 Å². The molecule has 7 heteroatoms. The lowest BCUT2D eigenvalue weighted by Gasteiger charge is -2.38. The molecule has 0 radical (unpaired) electrons. The first-order chi connectivity index (χ1) is 14.3.